The molecule has 0 radical (unpaired) electrons. The standard InChI is InChI=1S/C14H17BrO2/c1-4-7-17-13-6-5-12(8-11(2)10-15)9-14(13)16-3/h4-6,8-9H,1,7,10H2,2-3H3. The van der Waals surface area contributed by atoms with E-state index in [1.165, 1.54) is 5.57 Å². The van der Waals surface area contributed by atoms with E-state index in [1.54, 1.807) is 13.2 Å². The molecule has 0 spiro atoms. The molecule has 0 amide bonds. The van der Waals surface area contributed by atoms with Crippen LogP contribution in [-0.4, -0.2) is 19.0 Å². The van der Waals surface area contributed by atoms with Crippen LogP contribution < -0.4 is 9.47 Å². The van der Waals surface area contributed by atoms with Crippen molar-refractivity contribution in [2.45, 2.75) is 6.92 Å². The number of allylic oxidation sites excluding steroid dienone is 1. The summed E-state index contributed by atoms with van der Waals surface area (Å²) >= 11 is 3.42. The molecule has 0 saturated heterocycles. The van der Waals surface area contributed by atoms with Crippen LogP contribution in [0, 0.1) is 0 Å². The molecular formula is C14H17BrO2. The summed E-state index contributed by atoms with van der Waals surface area (Å²) in [6, 6.07) is 5.88. The van der Waals surface area contributed by atoms with Gasteiger partial charge in [0.15, 0.2) is 11.5 Å². The number of benzene rings is 1. The maximum atomic E-state index is 5.49. The topological polar surface area (TPSA) is 18.5 Å². The molecule has 0 saturated carbocycles. The van der Waals surface area contributed by atoms with Crippen LogP contribution in [0.4, 0.5) is 0 Å². The van der Waals surface area contributed by atoms with Crippen LogP contribution in [-0.2, 0) is 0 Å². The Morgan fingerprint density at radius 1 is 1.41 bits per heavy atom. The molecule has 0 bridgehead atoms. The highest BCUT2D eigenvalue weighted by atomic mass is 79.9. The van der Waals surface area contributed by atoms with Crippen molar-refractivity contribution in [3.05, 3.63) is 42.0 Å². The van der Waals surface area contributed by atoms with Gasteiger partial charge in [0.1, 0.15) is 6.61 Å². The fourth-order valence-electron chi connectivity index (χ4n) is 1.36. The minimum atomic E-state index is 0.478. The van der Waals surface area contributed by atoms with Gasteiger partial charge < -0.3 is 9.47 Å². The summed E-state index contributed by atoms with van der Waals surface area (Å²) < 4.78 is 10.8. The van der Waals surface area contributed by atoms with Crippen molar-refractivity contribution >= 4 is 22.0 Å². The zero-order chi connectivity index (χ0) is 12.7. The quantitative estimate of drug-likeness (QED) is 0.582. The van der Waals surface area contributed by atoms with Crippen molar-refractivity contribution in [2.24, 2.45) is 0 Å². The lowest BCUT2D eigenvalue weighted by molar-refractivity contribution is 0.326. The van der Waals surface area contributed by atoms with Gasteiger partial charge >= 0.3 is 0 Å². The molecule has 1 aromatic carbocycles. The van der Waals surface area contributed by atoms with Crippen molar-refractivity contribution in [1.82, 2.24) is 0 Å². The maximum Gasteiger partial charge on any atom is 0.161 e. The number of rotatable bonds is 6. The van der Waals surface area contributed by atoms with Crippen LogP contribution in [0.25, 0.3) is 6.08 Å². The summed E-state index contributed by atoms with van der Waals surface area (Å²) in [7, 11) is 1.64. The van der Waals surface area contributed by atoms with Crippen molar-refractivity contribution in [1.29, 1.82) is 0 Å². The van der Waals surface area contributed by atoms with Gasteiger partial charge in [0, 0.05) is 5.33 Å². The summed E-state index contributed by atoms with van der Waals surface area (Å²) in [4.78, 5) is 0. The largest absolute Gasteiger partial charge is 0.493 e. The molecule has 0 atom stereocenters. The van der Waals surface area contributed by atoms with Gasteiger partial charge in [0.2, 0.25) is 0 Å². The van der Waals surface area contributed by atoms with Crippen LogP contribution in [0.1, 0.15) is 12.5 Å². The molecule has 0 aliphatic rings. The fourth-order valence-corrected chi connectivity index (χ4v) is 1.53. The van der Waals surface area contributed by atoms with Gasteiger partial charge in [-0.3, -0.25) is 0 Å². The second-order valence-corrected chi connectivity index (χ2v) is 4.20. The van der Waals surface area contributed by atoms with E-state index in [0.29, 0.717) is 6.61 Å². The summed E-state index contributed by atoms with van der Waals surface area (Å²) in [6.45, 7) is 6.17. The zero-order valence-corrected chi connectivity index (χ0v) is 11.8. The number of halogens is 1. The highest BCUT2D eigenvalue weighted by molar-refractivity contribution is 9.09. The van der Waals surface area contributed by atoms with Gasteiger partial charge in [0.25, 0.3) is 0 Å². The van der Waals surface area contributed by atoms with Crippen molar-refractivity contribution < 1.29 is 9.47 Å². The molecule has 1 rings (SSSR count). The molecule has 3 heteroatoms. The van der Waals surface area contributed by atoms with E-state index in [2.05, 4.69) is 35.5 Å². The monoisotopic (exact) mass is 296 g/mol. The van der Waals surface area contributed by atoms with Crippen LogP contribution >= 0.6 is 15.9 Å². The Hall–Kier alpha value is -1.22. The fraction of sp³-hybridized carbons (Fsp3) is 0.286. The minimum Gasteiger partial charge on any atom is -0.493 e. The van der Waals surface area contributed by atoms with E-state index in [4.69, 9.17) is 9.47 Å². The highest BCUT2D eigenvalue weighted by Crippen LogP contribution is 2.29. The summed E-state index contributed by atoms with van der Waals surface area (Å²) in [5.74, 6) is 1.48. The third-order valence-electron chi connectivity index (χ3n) is 2.17. The van der Waals surface area contributed by atoms with Crippen molar-refractivity contribution in [2.75, 3.05) is 19.0 Å². The second-order valence-electron chi connectivity index (χ2n) is 3.63. The van der Waals surface area contributed by atoms with E-state index in [1.807, 2.05) is 18.2 Å². The van der Waals surface area contributed by atoms with Gasteiger partial charge in [-0.25, -0.2) is 0 Å². The van der Waals surface area contributed by atoms with Crippen molar-refractivity contribution in [3.63, 3.8) is 0 Å². The smallest absolute Gasteiger partial charge is 0.161 e. The van der Waals surface area contributed by atoms with Gasteiger partial charge in [-0.15, -0.1) is 0 Å². The first-order valence-corrected chi connectivity index (χ1v) is 6.48. The molecule has 0 N–H and O–H groups in total. The first-order valence-electron chi connectivity index (χ1n) is 5.36. The predicted octanol–water partition coefficient (Wildman–Crippen LogP) is 4.06. The number of methoxy groups -OCH3 is 1. The lowest BCUT2D eigenvalue weighted by Gasteiger charge is -2.10. The molecule has 0 aliphatic heterocycles. The van der Waals surface area contributed by atoms with E-state index in [-0.39, 0.29) is 0 Å². The minimum absolute atomic E-state index is 0.478. The molecule has 0 fully saturated rings. The van der Waals surface area contributed by atoms with Gasteiger partial charge in [-0.1, -0.05) is 46.3 Å². The van der Waals surface area contributed by atoms with Gasteiger partial charge in [-0.2, -0.15) is 0 Å². The Balaban J connectivity index is 2.95. The lowest BCUT2D eigenvalue weighted by Crippen LogP contribution is -1.96. The number of alkyl halides is 1. The molecule has 0 unspecified atom stereocenters. The number of hydrogen-bond donors (Lipinski definition) is 0. The van der Waals surface area contributed by atoms with E-state index in [9.17, 15) is 0 Å². The second kappa shape index (κ2) is 7.17. The summed E-state index contributed by atoms with van der Waals surface area (Å²) in [5, 5.41) is 0.865. The molecule has 0 aliphatic carbocycles. The molecule has 0 heterocycles. The summed E-state index contributed by atoms with van der Waals surface area (Å²) in [5.41, 5.74) is 2.36. The molecule has 92 valence electrons. The molecule has 2 nitrogen and oxygen atoms in total. The SMILES string of the molecule is C=CCOc1ccc(C=C(C)CBr)cc1OC. The first-order chi connectivity index (χ1) is 8.21. The van der Waals surface area contributed by atoms with Crippen LogP contribution in [0.3, 0.4) is 0 Å². The zero-order valence-electron chi connectivity index (χ0n) is 10.2. The first kappa shape index (κ1) is 13.8. The normalized spacial score (nSPS) is 11.1. The number of hydrogen-bond acceptors (Lipinski definition) is 2. The van der Waals surface area contributed by atoms with E-state index < -0.39 is 0 Å². The van der Waals surface area contributed by atoms with Crippen molar-refractivity contribution in [3.8, 4) is 11.5 Å². The van der Waals surface area contributed by atoms with E-state index >= 15 is 0 Å². The average molecular weight is 297 g/mol. The Morgan fingerprint density at radius 3 is 2.76 bits per heavy atom. The Kier molecular flexibility index (Phi) is 5.84. The molecule has 1 aromatic rings. The lowest BCUT2D eigenvalue weighted by atomic mass is 10.1. The van der Waals surface area contributed by atoms with Gasteiger partial charge in [-0.05, 0) is 24.6 Å². The number of ether oxygens (including phenoxy) is 2. The molecular weight excluding hydrogens is 280 g/mol. The summed E-state index contributed by atoms with van der Waals surface area (Å²) in [6.07, 6.45) is 3.82. The maximum absolute atomic E-state index is 5.49. The Morgan fingerprint density at radius 2 is 2.18 bits per heavy atom. The third kappa shape index (κ3) is 4.27. The van der Waals surface area contributed by atoms with Crippen LogP contribution in [0.15, 0.2) is 36.4 Å². The Bertz CT molecular complexity index is 411. The van der Waals surface area contributed by atoms with Gasteiger partial charge in [0.05, 0.1) is 7.11 Å². The Labute approximate surface area is 111 Å². The predicted molar refractivity (Wildman–Crippen MR) is 76.1 cm³/mol. The average Bonchev–Trinajstić information content (AvgIpc) is 2.36. The van der Waals surface area contributed by atoms with Crippen LogP contribution in [0.2, 0.25) is 0 Å². The van der Waals surface area contributed by atoms with Crippen LogP contribution in [0.5, 0.6) is 11.5 Å². The third-order valence-corrected chi connectivity index (χ3v) is 3.05. The van der Waals surface area contributed by atoms with E-state index in [0.717, 1.165) is 22.4 Å². The molecule has 17 heavy (non-hydrogen) atoms. The highest BCUT2D eigenvalue weighted by Gasteiger charge is 2.04. The molecule has 0 aromatic heterocycles.